The molecule has 0 aliphatic carbocycles. The highest BCUT2D eigenvalue weighted by molar-refractivity contribution is 7.80. The molecule has 0 spiro atoms. The molecule has 0 saturated carbocycles. The normalized spacial score (nSPS) is 12.1. The highest BCUT2D eigenvalue weighted by Gasteiger charge is 2.37. The third-order valence-electron chi connectivity index (χ3n) is 4.18. The molecule has 0 aromatic carbocycles. The maximum atomic E-state index is 5.56. The molecule has 0 fully saturated rings. The smallest absolute Gasteiger partial charge is 0.487 e. The number of thiocarbonyl (C=S) groups is 2. The van der Waals surface area contributed by atoms with Gasteiger partial charge in [-0.2, -0.15) is 0 Å². The summed E-state index contributed by atoms with van der Waals surface area (Å²) >= 11 is 10.5. The first kappa shape index (κ1) is 28.0. The van der Waals surface area contributed by atoms with E-state index in [1.54, 1.807) is 42.7 Å². The fourth-order valence-corrected chi connectivity index (χ4v) is 6.16. The van der Waals surface area contributed by atoms with Crippen molar-refractivity contribution in [3.8, 4) is 0 Å². The summed E-state index contributed by atoms with van der Waals surface area (Å²) in [4.78, 5) is 0. The summed E-state index contributed by atoms with van der Waals surface area (Å²) in [7, 11) is 4.44. The summed E-state index contributed by atoms with van der Waals surface area (Å²) < 4.78 is 43.3. The monoisotopic (exact) mass is 474 g/mol. The zero-order chi connectivity index (χ0) is 21.5. The van der Waals surface area contributed by atoms with Crippen LogP contribution in [0.15, 0.2) is 0 Å². The summed E-state index contributed by atoms with van der Waals surface area (Å²) in [5.74, 6) is 0. The fraction of sp³-hybridized carbons (Fsp3) is 0.875. The molecular weight excluding hydrogens is 440 g/mol. The Labute approximate surface area is 181 Å². The maximum Gasteiger partial charge on any atom is 0.500 e. The molecule has 0 saturated heterocycles. The molecule has 28 heavy (non-hydrogen) atoms. The summed E-state index contributed by atoms with van der Waals surface area (Å²) in [6.45, 7) is 0.962. The number of rotatable bonds is 17. The Hall–Kier alpha value is -0.0262. The lowest BCUT2D eigenvalue weighted by molar-refractivity contribution is 0.120. The maximum absolute atomic E-state index is 5.56. The van der Waals surface area contributed by atoms with Gasteiger partial charge in [0, 0.05) is 67.6 Å². The van der Waals surface area contributed by atoms with E-state index in [0.29, 0.717) is 48.2 Å². The van der Waals surface area contributed by atoms with Crippen LogP contribution in [0.25, 0.3) is 0 Å². The molecule has 0 radical (unpaired) electrons. The van der Waals surface area contributed by atoms with Crippen molar-refractivity contribution < 1.29 is 36.0 Å². The molecule has 12 heteroatoms. The van der Waals surface area contributed by atoms with Gasteiger partial charge in [-0.15, -0.1) is 0 Å². The third kappa shape index (κ3) is 10.7. The van der Waals surface area contributed by atoms with Gasteiger partial charge in [-0.1, -0.05) is 0 Å². The number of hydrogen-bond acceptors (Lipinski definition) is 10. The molecule has 0 rings (SSSR count). The molecule has 0 aromatic rings. The minimum Gasteiger partial charge on any atom is -0.487 e. The highest BCUT2D eigenvalue weighted by atomic mass is 32.1. The Bertz CT molecular complexity index is 392. The van der Waals surface area contributed by atoms with Crippen LogP contribution in [-0.4, -0.2) is 83.6 Å². The molecule has 166 valence electrons. The molecular formula is C16H34O8S2Si2. The van der Waals surface area contributed by atoms with E-state index in [0.717, 1.165) is 12.8 Å². The van der Waals surface area contributed by atoms with Crippen molar-refractivity contribution in [3.05, 3.63) is 0 Å². The molecule has 0 amide bonds. The van der Waals surface area contributed by atoms with Gasteiger partial charge in [0.05, 0.1) is 13.2 Å². The lowest BCUT2D eigenvalue weighted by atomic mass is 10.3. The molecule has 0 N–H and O–H groups in total. The van der Waals surface area contributed by atoms with Gasteiger partial charge in [-0.25, -0.2) is 0 Å². The molecule has 0 aliphatic rings. The van der Waals surface area contributed by atoms with Crippen LogP contribution >= 0.6 is 24.4 Å². The van der Waals surface area contributed by atoms with Gasteiger partial charge in [0.2, 0.25) is 0 Å². The molecule has 0 bridgehead atoms. The first-order chi connectivity index (χ1) is 13.4. The van der Waals surface area contributed by atoms with E-state index < -0.39 is 17.6 Å². The van der Waals surface area contributed by atoms with E-state index in [4.69, 9.17) is 60.5 Å². The summed E-state index contributed by atoms with van der Waals surface area (Å²) in [6, 6.07) is 1.33. The van der Waals surface area contributed by atoms with Crippen LogP contribution in [0.5, 0.6) is 0 Å². The molecule has 0 atom stereocenters. The van der Waals surface area contributed by atoms with E-state index in [2.05, 4.69) is 0 Å². The molecule has 0 aliphatic heterocycles. The Morgan fingerprint density at radius 2 is 0.857 bits per heavy atom. The first-order valence-electron chi connectivity index (χ1n) is 8.98. The molecule has 0 aromatic heterocycles. The van der Waals surface area contributed by atoms with Crippen molar-refractivity contribution in [3.63, 3.8) is 0 Å². The van der Waals surface area contributed by atoms with E-state index in [-0.39, 0.29) is 0 Å². The first-order valence-corrected chi connectivity index (χ1v) is 13.7. The Morgan fingerprint density at radius 3 is 1.11 bits per heavy atom. The lowest BCUT2D eigenvalue weighted by Crippen LogP contribution is -2.42. The van der Waals surface area contributed by atoms with Gasteiger partial charge in [0.1, 0.15) is 0 Å². The van der Waals surface area contributed by atoms with Gasteiger partial charge in [-0.05, 0) is 37.3 Å². The van der Waals surface area contributed by atoms with E-state index >= 15 is 0 Å². The van der Waals surface area contributed by atoms with Gasteiger partial charge >= 0.3 is 17.6 Å². The van der Waals surface area contributed by atoms with E-state index in [1.807, 2.05) is 0 Å². The summed E-state index contributed by atoms with van der Waals surface area (Å²) in [5, 5.41) is 1.02. The largest absolute Gasteiger partial charge is 0.500 e. The Balaban J connectivity index is 3.91. The standard InChI is InChI=1S/C16H34O8S2Si2/c1-17-27(18-2,19-3)13-7-11-23-15(25)9-10-16(26)24-12-8-14-28(20-4,21-5)22-6/h7-14H2,1-6H3. The zero-order valence-electron chi connectivity index (χ0n) is 17.7. The van der Waals surface area contributed by atoms with Crippen LogP contribution < -0.4 is 0 Å². The average Bonchev–Trinajstić information content (AvgIpc) is 2.73. The van der Waals surface area contributed by atoms with Crippen molar-refractivity contribution in [2.75, 3.05) is 55.9 Å². The van der Waals surface area contributed by atoms with Crippen LogP contribution in [-0.2, 0) is 36.0 Å². The van der Waals surface area contributed by atoms with Crippen LogP contribution in [0.2, 0.25) is 12.1 Å². The minimum absolute atomic E-state index is 0.481. The fourth-order valence-electron chi connectivity index (χ4n) is 2.41. The van der Waals surface area contributed by atoms with Crippen molar-refractivity contribution in [2.45, 2.75) is 37.8 Å². The topological polar surface area (TPSA) is 73.8 Å². The minimum atomic E-state index is -2.55. The van der Waals surface area contributed by atoms with Gasteiger partial charge in [-0.3, -0.25) is 0 Å². The second-order valence-electron chi connectivity index (χ2n) is 5.74. The van der Waals surface area contributed by atoms with Crippen LogP contribution in [0.3, 0.4) is 0 Å². The van der Waals surface area contributed by atoms with Crippen molar-refractivity contribution in [1.82, 2.24) is 0 Å². The summed E-state index contributed by atoms with van der Waals surface area (Å²) in [6.07, 6.45) is 2.55. The van der Waals surface area contributed by atoms with Gasteiger partial charge < -0.3 is 36.0 Å². The predicted octanol–water partition coefficient (Wildman–Crippen LogP) is 2.99. The number of hydrogen-bond donors (Lipinski definition) is 0. The Morgan fingerprint density at radius 1 is 0.571 bits per heavy atom. The van der Waals surface area contributed by atoms with Crippen LogP contribution in [0.1, 0.15) is 25.7 Å². The van der Waals surface area contributed by atoms with Gasteiger partial charge in [0.15, 0.2) is 10.1 Å². The van der Waals surface area contributed by atoms with Gasteiger partial charge in [0.25, 0.3) is 0 Å². The average molecular weight is 475 g/mol. The van der Waals surface area contributed by atoms with Crippen LogP contribution in [0, 0.1) is 0 Å². The highest BCUT2D eigenvalue weighted by Crippen LogP contribution is 2.16. The van der Waals surface area contributed by atoms with Crippen LogP contribution in [0.4, 0.5) is 0 Å². The van der Waals surface area contributed by atoms with Crippen molar-refractivity contribution in [1.29, 1.82) is 0 Å². The number of ether oxygens (including phenoxy) is 2. The van der Waals surface area contributed by atoms with E-state index in [9.17, 15) is 0 Å². The Kier molecular flexibility index (Phi) is 15.8. The SMILES string of the molecule is CO[Si](CCCOC(=S)CCC(=S)OCCC[Si](OC)(OC)OC)(OC)OC. The van der Waals surface area contributed by atoms with Crippen molar-refractivity contribution in [2.24, 2.45) is 0 Å². The quantitative estimate of drug-likeness (QED) is 0.178. The lowest BCUT2D eigenvalue weighted by Gasteiger charge is -2.24. The second-order valence-corrected chi connectivity index (χ2v) is 12.8. The predicted molar refractivity (Wildman–Crippen MR) is 119 cm³/mol. The molecule has 8 nitrogen and oxygen atoms in total. The zero-order valence-corrected chi connectivity index (χ0v) is 21.4. The second kappa shape index (κ2) is 15.8. The van der Waals surface area contributed by atoms with E-state index in [1.165, 1.54) is 0 Å². The van der Waals surface area contributed by atoms with Crippen molar-refractivity contribution >= 4 is 52.1 Å². The third-order valence-corrected chi connectivity index (χ3v) is 10.5. The molecule has 0 unspecified atom stereocenters. The summed E-state index contributed by atoms with van der Waals surface area (Å²) in [5.41, 5.74) is 0. The molecule has 0 heterocycles.